The zero-order chi connectivity index (χ0) is 13.1. The lowest BCUT2D eigenvalue weighted by molar-refractivity contribution is -0.115. The van der Waals surface area contributed by atoms with Crippen LogP contribution in [0.1, 0.15) is 23.2 Å². The summed E-state index contributed by atoms with van der Waals surface area (Å²) in [5.74, 6) is -0.138. The molecule has 19 heavy (non-hydrogen) atoms. The Hall–Kier alpha value is -2.42. The summed E-state index contributed by atoms with van der Waals surface area (Å²) in [6.45, 7) is 0. The van der Waals surface area contributed by atoms with Crippen molar-refractivity contribution in [3.63, 3.8) is 0 Å². The van der Waals surface area contributed by atoms with Crippen LogP contribution in [-0.4, -0.2) is 12.1 Å². The number of rotatable bonds is 2. The van der Waals surface area contributed by atoms with E-state index >= 15 is 0 Å². The molecule has 0 radical (unpaired) electrons. The van der Waals surface area contributed by atoms with Gasteiger partial charge in [0.2, 0.25) is 0 Å². The Balaban J connectivity index is 2.01. The smallest absolute Gasteiger partial charge is 0.262 e. The highest BCUT2D eigenvalue weighted by Crippen LogP contribution is 2.33. The zero-order valence-corrected chi connectivity index (χ0v) is 10.4. The minimum Gasteiger partial charge on any atom is -0.342 e. The SMILES string of the molecule is O=C1C=N[C@@H](c2ccccc2)[C@H](c2ccccc2)N1. The third-order valence-electron chi connectivity index (χ3n) is 3.27. The van der Waals surface area contributed by atoms with Gasteiger partial charge in [-0.2, -0.15) is 0 Å². The van der Waals surface area contributed by atoms with Crippen molar-refractivity contribution in [2.45, 2.75) is 12.1 Å². The number of carbonyl (C=O) groups excluding carboxylic acids is 1. The minimum atomic E-state index is -0.138. The quantitative estimate of drug-likeness (QED) is 0.874. The Kier molecular flexibility index (Phi) is 3.11. The minimum absolute atomic E-state index is 0.0682. The summed E-state index contributed by atoms with van der Waals surface area (Å²) in [5, 5.41) is 2.99. The number of aliphatic imine (C=N–C) groups is 1. The molecule has 1 aliphatic heterocycles. The lowest BCUT2D eigenvalue weighted by Crippen LogP contribution is -2.36. The average molecular weight is 250 g/mol. The van der Waals surface area contributed by atoms with E-state index in [0.717, 1.165) is 11.1 Å². The summed E-state index contributed by atoms with van der Waals surface area (Å²) in [5.41, 5.74) is 2.18. The highest BCUT2D eigenvalue weighted by molar-refractivity contribution is 6.26. The maximum absolute atomic E-state index is 11.6. The molecular formula is C16H14N2O. The number of benzene rings is 2. The summed E-state index contributed by atoms with van der Waals surface area (Å²) in [4.78, 5) is 16.0. The van der Waals surface area contributed by atoms with E-state index in [2.05, 4.69) is 10.3 Å². The normalized spacial score (nSPS) is 22.0. The highest BCUT2D eigenvalue weighted by atomic mass is 16.1. The van der Waals surface area contributed by atoms with Crippen LogP contribution in [0.4, 0.5) is 0 Å². The first kappa shape index (κ1) is 11.7. The van der Waals surface area contributed by atoms with E-state index < -0.39 is 0 Å². The van der Waals surface area contributed by atoms with E-state index in [0.29, 0.717) is 0 Å². The van der Waals surface area contributed by atoms with Gasteiger partial charge >= 0.3 is 0 Å². The summed E-state index contributed by atoms with van der Waals surface area (Å²) in [7, 11) is 0. The van der Waals surface area contributed by atoms with Crippen LogP contribution in [0.15, 0.2) is 65.7 Å². The fourth-order valence-electron chi connectivity index (χ4n) is 2.36. The summed E-state index contributed by atoms with van der Waals surface area (Å²) < 4.78 is 0. The summed E-state index contributed by atoms with van der Waals surface area (Å²) in [6, 6.07) is 19.8. The third-order valence-corrected chi connectivity index (χ3v) is 3.27. The molecular weight excluding hydrogens is 236 g/mol. The average Bonchev–Trinajstić information content (AvgIpc) is 2.49. The number of hydrogen-bond donors (Lipinski definition) is 1. The number of amides is 1. The van der Waals surface area contributed by atoms with Crippen LogP contribution >= 0.6 is 0 Å². The first-order chi connectivity index (χ1) is 9.34. The molecule has 1 heterocycles. The van der Waals surface area contributed by atoms with Gasteiger partial charge in [-0.3, -0.25) is 9.79 Å². The molecule has 1 amide bonds. The first-order valence-corrected chi connectivity index (χ1v) is 6.28. The van der Waals surface area contributed by atoms with Gasteiger partial charge in [-0.05, 0) is 11.1 Å². The molecule has 0 bridgehead atoms. The van der Waals surface area contributed by atoms with Gasteiger partial charge in [-0.15, -0.1) is 0 Å². The molecule has 0 saturated carbocycles. The van der Waals surface area contributed by atoms with Crippen molar-refractivity contribution in [3.8, 4) is 0 Å². The fraction of sp³-hybridized carbons (Fsp3) is 0.125. The molecule has 2 aromatic carbocycles. The topological polar surface area (TPSA) is 41.5 Å². The van der Waals surface area contributed by atoms with Gasteiger partial charge in [0, 0.05) is 0 Å². The molecule has 2 atom stereocenters. The molecule has 2 aromatic rings. The summed E-state index contributed by atoms with van der Waals surface area (Å²) in [6.07, 6.45) is 1.37. The number of nitrogens with one attached hydrogen (secondary N) is 1. The molecule has 3 nitrogen and oxygen atoms in total. The molecule has 1 N–H and O–H groups in total. The van der Waals surface area contributed by atoms with Crippen LogP contribution in [-0.2, 0) is 4.79 Å². The van der Waals surface area contributed by atoms with Crippen LogP contribution in [0.2, 0.25) is 0 Å². The van der Waals surface area contributed by atoms with Crippen LogP contribution in [0.3, 0.4) is 0 Å². The van der Waals surface area contributed by atoms with Crippen molar-refractivity contribution < 1.29 is 4.79 Å². The second-order valence-electron chi connectivity index (χ2n) is 4.53. The van der Waals surface area contributed by atoms with Crippen molar-refractivity contribution >= 4 is 12.1 Å². The van der Waals surface area contributed by atoms with Crippen molar-refractivity contribution in [1.29, 1.82) is 0 Å². The fourth-order valence-corrected chi connectivity index (χ4v) is 2.36. The number of hydrogen-bond acceptors (Lipinski definition) is 2. The van der Waals surface area contributed by atoms with Crippen LogP contribution in [0, 0.1) is 0 Å². The largest absolute Gasteiger partial charge is 0.342 e. The van der Waals surface area contributed by atoms with Gasteiger partial charge in [0.05, 0.1) is 18.3 Å². The van der Waals surface area contributed by atoms with Gasteiger partial charge in [0.15, 0.2) is 0 Å². The lowest BCUT2D eigenvalue weighted by Gasteiger charge is -2.28. The standard InChI is InChI=1S/C16H14N2O/c19-14-11-17-15(12-7-3-1-4-8-12)16(18-14)13-9-5-2-6-10-13/h1-11,15-16H,(H,18,19)/t15-,16-/m0/s1. The molecule has 0 spiro atoms. The first-order valence-electron chi connectivity index (χ1n) is 6.28. The maximum Gasteiger partial charge on any atom is 0.262 e. The number of carbonyl (C=O) groups is 1. The van der Waals surface area contributed by atoms with E-state index in [4.69, 9.17) is 0 Å². The van der Waals surface area contributed by atoms with Gasteiger partial charge in [-0.1, -0.05) is 60.7 Å². The van der Waals surface area contributed by atoms with Crippen LogP contribution < -0.4 is 5.32 Å². The van der Waals surface area contributed by atoms with Gasteiger partial charge in [-0.25, -0.2) is 0 Å². The van der Waals surface area contributed by atoms with E-state index in [1.807, 2.05) is 60.7 Å². The van der Waals surface area contributed by atoms with Gasteiger partial charge in [0.25, 0.3) is 5.91 Å². The Morgan fingerprint density at radius 1 is 0.842 bits per heavy atom. The molecule has 0 aromatic heterocycles. The van der Waals surface area contributed by atoms with Crippen LogP contribution in [0.5, 0.6) is 0 Å². The zero-order valence-electron chi connectivity index (χ0n) is 10.4. The van der Waals surface area contributed by atoms with Crippen molar-refractivity contribution in [3.05, 3.63) is 71.8 Å². The van der Waals surface area contributed by atoms with E-state index in [1.165, 1.54) is 6.21 Å². The molecule has 0 saturated heterocycles. The Labute approximate surface area is 112 Å². The molecule has 0 aliphatic carbocycles. The van der Waals surface area contributed by atoms with E-state index in [-0.39, 0.29) is 18.0 Å². The van der Waals surface area contributed by atoms with Crippen molar-refractivity contribution in [1.82, 2.24) is 5.32 Å². The second kappa shape index (κ2) is 5.06. The third kappa shape index (κ3) is 2.40. The second-order valence-corrected chi connectivity index (χ2v) is 4.53. The predicted molar refractivity (Wildman–Crippen MR) is 75.0 cm³/mol. The van der Waals surface area contributed by atoms with Gasteiger partial charge < -0.3 is 5.32 Å². The molecule has 0 fully saturated rings. The molecule has 1 aliphatic rings. The van der Waals surface area contributed by atoms with E-state index in [1.54, 1.807) is 0 Å². The maximum atomic E-state index is 11.6. The molecule has 3 rings (SSSR count). The lowest BCUT2D eigenvalue weighted by atomic mass is 9.93. The molecule has 94 valence electrons. The Morgan fingerprint density at radius 2 is 1.42 bits per heavy atom. The molecule has 3 heteroatoms. The Bertz CT molecular complexity index is 593. The summed E-state index contributed by atoms with van der Waals surface area (Å²) >= 11 is 0. The van der Waals surface area contributed by atoms with Crippen molar-refractivity contribution in [2.75, 3.05) is 0 Å². The number of nitrogens with zero attached hydrogens (tertiary/aromatic N) is 1. The van der Waals surface area contributed by atoms with Crippen LogP contribution in [0.25, 0.3) is 0 Å². The predicted octanol–water partition coefficient (Wildman–Crippen LogP) is 2.67. The molecule has 0 unspecified atom stereocenters. The van der Waals surface area contributed by atoms with E-state index in [9.17, 15) is 4.79 Å². The highest BCUT2D eigenvalue weighted by Gasteiger charge is 2.28. The van der Waals surface area contributed by atoms with Crippen molar-refractivity contribution in [2.24, 2.45) is 4.99 Å². The van der Waals surface area contributed by atoms with Gasteiger partial charge in [0.1, 0.15) is 0 Å². The monoisotopic (exact) mass is 250 g/mol. The Morgan fingerprint density at radius 3 is 2.05 bits per heavy atom.